The molecule has 12 N–H and O–H groups in total. The first-order valence-electron chi connectivity index (χ1n) is 22.7. The van der Waals surface area contributed by atoms with Crippen LogP contribution in [0.5, 0.6) is 0 Å². The minimum absolute atomic E-state index is 0. The monoisotopic (exact) mass is 1200 g/mol. The Balaban J connectivity index is 0.000000961. The lowest BCUT2D eigenvalue weighted by Crippen LogP contribution is -2.24. The maximum absolute atomic E-state index is 12.3. The van der Waals surface area contributed by atoms with Gasteiger partial charge in [-0.15, -0.1) is 52.6 Å². The van der Waals surface area contributed by atoms with Crippen LogP contribution in [0.1, 0.15) is 88.4 Å². The van der Waals surface area contributed by atoms with E-state index in [1.165, 1.54) is 24.6 Å². The number of cyclic esters (lactones) is 1. The number of nitrogens with one attached hydrogen (secondary N) is 3. The number of thiocarbonyl (C=S) groups is 1. The molecule has 1 saturated heterocycles. The van der Waals surface area contributed by atoms with Crippen molar-refractivity contribution in [3.05, 3.63) is 218 Å². The first-order chi connectivity index (χ1) is 36.2. The lowest BCUT2D eigenvalue weighted by molar-refractivity contribution is 0.0534. The van der Waals surface area contributed by atoms with Crippen molar-refractivity contribution in [2.75, 3.05) is 18.6 Å². The van der Waals surface area contributed by atoms with Gasteiger partial charge in [0, 0.05) is 55.3 Å². The van der Waals surface area contributed by atoms with Crippen LogP contribution >= 0.6 is 76.6 Å². The number of thioether (sulfide) groups is 1. The molecule has 0 spiro atoms. The number of rotatable bonds is 10. The highest BCUT2D eigenvalue weighted by atomic mass is 79.9. The summed E-state index contributed by atoms with van der Waals surface area (Å²) in [7, 11) is 0. The van der Waals surface area contributed by atoms with Gasteiger partial charge < -0.3 is 48.1 Å². The number of esters is 1. The van der Waals surface area contributed by atoms with Crippen molar-refractivity contribution in [2.24, 2.45) is 22.9 Å². The number of aliphatic hydroxyl groups excluding tert-OH is 1. The maximum Gasteiger partial charge on any atom is 0.338 e. The number of hydrogen-bond acceptors (Lipinski definition) is 12. The summed E-state index contributed by atoms with van der Waals surface area (Å²) in [6.45, 7) is 10.2. The number of alkyl halides is 2. The average molecular weight is 1210 g/mol. The van der Waals surface area contributed by atoms with Crippen LogP contribution in [0.25, 0.3) is 4.85 Å². The number of carbonyl (C=O) groups is 3. The predicted octanol–water partition coefficient (Wildman–Crippen LogP) is 10.1. The fourth-order valence-electron chi connectivity index (χ4n) is 6.14. The van der Waals surface area contributed by atoms with Gasteiger partial charge in [0.15, 0.2) is 16.0 Å². The Morgan fingerprint density at radius 2 is 1.17 bits per heavy atom. The van der Waals surface area contributed by atoms with Crippen LogP contribution < -0.4 is 33.6 Å². The molecule has 0 bridgehead atoms. The summed E-state index contributed by atoms with van der Waals surface area (Å²) < 4.78 is 9.73. The predicted molar refractivity (Wildman–Crippen MR) is 318 cm³/mol. The summed E-state index contributed by atoms with van der Waals surface area (Å²) in [4.78, 5) is 38.5. The summed E-state index contributed by atoms with van der Waals surface area (Å²) >= 11 is 14.8. The SMILES string of the molecule is Br.C1CCOC1.Cl.ClCCl.N#Cc1ccc(CNC(=O)c2ccccc2CO)cc1.N#Cc1ccc(CNC(=O)c2ccccc2CSC(=N)N)cc1.NC(N)=S.O=C1OCc2ccccc21.[C-]#[N+]c1ccc(CN)cc1. The zero-order valence-electron chi connectivity index (χ0n) is 41.7. The number of hydrogen-bond donors (Lipinski definition) is 8. The molecule has 2 amide bonds. The van der Waals surface area contributed by atoms with Crippen molar-refractivity contribution >= 4 is 110 Å². The van der Waals surface area contributed by atoms with Gasteiger partial charge in [-0.2, -0.15) is 10.5 Å². The van der Waals surface area contributed by atoms with Crippen molar-refractivity contribution < 1.29 is 29.0 Å². The Morgan fingerprint density at radius 3 is 1.57 bits per heavy atom. The van der Waals surface area contributed by atoms with Gasteiger partial charge in [0.2, 0.25) is 0 Å². The first kappa shape index (κ1) is 69.9. The van der Waals surface area contributed by atoms with Gasteiger partial charge in [0.1, 0.15) is 6.61 Å². The maximum atomic E-state index is 12.3. The lowest BCUT2D eigenvalue weighted by Gasteiger charge is -2.10. The van der Waals surface area contributed by atoms with Crippen molar-refractivity contribution in [3.63, 3.8) is 0 Å². The van der Waals surface area contributed by atoms with E-state index in [0.29, 0.717) is 71.1 Å². The highest BCUT2D eigenvalue weighted by Gasteiger charge is 2.19. The van der Waals surface area contributed by atoms with Crippen molar-refractivity contribution in [1.82, 2.24) is 10.6 Å². The normalized spacial score (nSPS) is 10.6. The summed E-state index contributed by atoms with van der Waals surface area (Å²) in [5.74, 6) is -0.112. The number of nitrogens with two attached hydrogens (primary N) is 4. The third kappa shape index (κ3) is 29.2. The van der Waals surface area contributed by atoms with Crippen LogP contribution in [-0.4, -0.2) is 51.7 Å². The van der Waals surface area contributed by atoms with E-state index in [1.807, 2.05) is 60.7 Å². The van der Waals surface area contributed by atoms with E-state index < -0.39 is 0 Å². The van der Waals surface area contributed by atoms with Gasteiger partial charge >= 0.3 is 5.97 Å². The number of carbonyl (C=O) groups excluding carboxylic acids is 3. The topological polar surface area (TPSA) is 294 Å². The number of benzene rings is 6. The molecule has 2 heterocycles. The molecule has 0 unspecified atom stereocenters. The Hall–Kier alpha value is -7.06. The standard InChI is InChI=1S/C17H16N4OS.C16H14N2O2.C8H8N2.C8H6O2.C4H8O.CH2Cl2.CH4N2S.BrH.ClH/c18-9-12-5-7-13(8-6-12)10-21-16(22)15-4-2-1-3-14(15)11-23-17(19)20;17-9-12-5-7-13(8-6-12)10-18-16(20)15-4-2-1-3-14(15)11-19;1-10-8-4-2-7(6-9)3-5-8;9-8-7-4-2-1-3-6(7)5-10-8;1-2-4-5-3-1;2-1-3;2-1(3)4;;/h1-8H,10-11H2,(H3,19,20)(H,21,22);1-8,19H,10-11H2,(H,18,20);2-5H,6,9H2;1-4H,5H2;1-4H2;1H2;(H4,2,3,4);2*1H. The second kappa shape index (κ2) is 42.1. The molecular weight excluding hydrogens is 1150 g/mol. The van der Waals surface area contributed by atoms with Crippen LogP contribution in [0.2, 0.25) is 0 Å². The molecule has 2 aliphatic heterocycles. The highest BCUT2D eigenvalue weighted by Crippen LogP contribution is 2.19. The number of ether oxygens (including phenoxy) is 2. The Bertz CT molecular complexity index is 2850. The molecule has 0 aliphatic carbocycles. The van der Waals surface area contributed by atoms with Gasteiger partial charge in [0.25, 0.3) is 11.8 Å². The fraction of sp³-hybridized carbons (Fsp3) is 0.200. The highest BCUT2D eigenvalue weighted by molar-refractivity contribution is 8.93. The Morgan fingerprint density at radius 1 is 0.740 bits per heavy atom. The summed E-state index contributed by atoms with van der Waals surface area (Å²) in [5, 5.41) is 39.8. The number of fused-ring (bicyclic) bond motifs is 1. The van der Waals surface area contributed by atoms with Crippen LogP contribution in [0.4, 0.5) is 5.69 Å². The van der Waals surface area contributed by atoms with E-state index in [-0.39, 0.29) is 69.4 Å². The zero-order valence-corrected chi connectivity index (χ0v) is 47.3. The average Bonchev–Trinajstić information content (AvgIpc) is 4.16. The zero-order chi connectivity index (χ0) is 55.2. The largest absolute Gasteiger partial charge is 0.457 e. The van der Waals surface area contributed by atoms with Gasteiger partial charge in [-0.3, -0.25) is 15.0 Å². The van der Waals surface area contributed by atoms with E-state index in [0.717, 1.165) is 41.0 Å². The molecule has 0 saturated carbocycles. The number of amides is 2. The summed E-state index contributed by atoms with van der Waals surface area (Å²) in [6, 6.07) is 47.1. The number of nitriles is 2. The molecule has 0 radical (unpaired) electrons. The molecule has 6 aromatic rings. The minimum atomic E-state index is -0.223. The fourth-order valence-corrected chi connectivity index (χ4v) is 6.70. The number of nitrogens with zero attached hydrogens (tertiary/aromatic N) is 3. The number of amidine groups is 1. The van der Waals surface area contributed by atoms with Crippen LogP contribution in [0.15, 0.2) is 146 Å². The Labute approximate surface area is 485 Å². The third-order valence-corrected chi connectivity index (χ3v) is 10.6. The van der Waals surface area contributed by atoms with Crippen LogP contribution in [-0.2, 0) is 48.1 Å². The smallest absolute Gasteiger partial charge is 0.338 e. The van der Waals surface area contributed by atoms with E-state index in [9.17, 15) is 19.5 Å². The second-order valence-electron chi connectivity index (χ2n) is 15.1. The molecule has 8 rings (SSSR count). The number of halogens is 4. The van der Waals surface area contributed by atoms with Gasteiger partial charge in [-0.1, -0.05) is 115 Å². The van der Waals surface area contributed by atoms with Crippen LogP contribution in [0.3, 0.4) is 0 Å². The van der Waals surface area contributed by atoms with Crippen molar-refractivity contribution in [3.8, 4) is 12.1 Å². The Kier molecular flexibility index (Phi) is 38.2. The molecule has 0 atom stereocenters. The molecule has 0 aromatic heterocycles. The summed E-state index contributed by atoms with van der Waals surface area (Å²) in [5.41, 5.74) is 28.9. The van der Waals surface area contributed by atoms with Crippen molar-refractivity contribution in [1.29, 1.82) is 15.9 Å². The van der Waals surface area contributed by atoms with E-state index >= 15 is 0 Å². The molecular formula is C55H60BrCl3N10O6S2. The minimum Gasteiger partial charge on any atom is -0.457 e. The third-order valence-electron chi connectivity index (χ3n) is 9.87. The van der Waals surface area contributed by atoms with Gasteiger partial charge in [-0.05, 0) is 95.3 Å². The molecule has 6 aromatic carbocycles. The van der Waals surface area contributed by atoms with Crippen molar-refractivity contribution in [2.45, 2.75) is 51.4 Å². The molecule has 406 valence electrons. The van der Waals surface area contributed by atoms with E-state index in [1.54, 1.807) is 91.0 Å². The van der Waals surface area contributed by atoms with E-state index in [2.05, 4.69) is 45.2 Å². The number of aliphatic hydroxyl groups is 1. The van der Waals surface area contributed by atoms with Gasteiger partial charge in [0.05, 0.1) is 47.3 Å². The van der Waals surface area contributed by atoms with Crippen LogP contribution in [0, 0.1) is 34.6 Å². The van der Waals surface area contributed by atoms with Gasteiger partial charge in [-0.25, -0.2) is 9.64 Å². The molecule has 1 fully saturated rings. The summed E-state index contributed by atoms with van der Waals surface area (Å²) in [6.07, 6.45) is 2.56. The quantitative estimate of drug-likeness (QED) is 0.0158. The molecule has 77 heavy (non-hydrogen) atoms. The van der Waals surface area contributed by atoms with E-state index in [4.69, 9.17) is 66.6 Å². The lowest BCUT2D eigenvalue weighted by atomic mass is 10.1. The molecule has 22 heteroatoms. The molecule has 2 aliphatic rings. The second-order valence-corrected chi connectivity index (χ2v) is 17.4. The first-order valence-corrected chi connectivity index (χ1v) is 25.1. The molecule has 16 nitrogen and oxygen atoms in total.